The summed E-state index contributed by atoms with van der Waals surface area (Å²) >= 11 is 0. The molecule has 1 saturated heterocycles. The highest BCUT2D eigenvalue weighted by molar-refractivity contribution is 5.94. The van der Waals surface area contributed by atoms with Crippen LogP contribution in [0.3, 0.4) is 0 Å². The zero-order valence-electron chi connectivity index (χ0n) is 16.2. The van der Waals surface area contributed by atoms with Gasteiger partial charge in [0.1, 0.15) is 5.75 Å². The fraction of sp³-hybridized carbons (Fsp3) is 0.381. The molecule has 0 spiro atoms. The van der Waals surface area contributed by atoms with E-state index in [4.69, 9.17) is 4.74 Å². The van der Waals surface area contributed by atoms with Crippen LogP contribution in [0, 0.1) is 23.0 Å². The topological polar surface area (TPSA) is 84.7 Å². The number of carbonyl (C=O) groups excluding carboxylic acids is 1. The van der Waals surface area contributed by atoms with E-state index in [-0.39, 0.29) is 17.5 Å². The van der Waals surface area contributed by atoms with Crippen LogP contribution in [0.5, 0.6) is 5.75 Å². The molecule has 1 aliphatic heterocycles. The number of anilines is 1. The van der Waals surface area contributed by atoms with Crippen molar-refractivity contribution < 1.29 is 14.5 Å². The Morgan fingerprint density at radius 3 is 2.50 bits per heavy atom. The number of nitro groups is 1. The molecular weight excluding hydrogens is 358 g/mol. The van der Waals surface area contributed by atoms with E-state index in [1.165, 1.54) is 36.4 Å². The second kappa shape index (κ2) is 8.84. The van der Waals surface area contributed by atoms with Gasteiger partial charge in [0.15, 0.2) is 0 Å². The van der Waals surface area contributed by atoms with Crippen molar-refractivity contribution in [2.24, 2.45) is 5.92 Å². The number of nitrogens with one attached hydrogen (secondary N) is 1. The molecule has 1 fully saturated rings. The summed E-state index contributed by atoms with van der Waals surface area (Å²) in [6.45, 7) is 4.65. The van der Waals surface area contributed by atoms with E-state index in [0.717, 1.165) is 32.5 Å². The Hall–Kier alpha value is -2.93. The van der Waals surface area contributed by atoms with Crippen molar-refractivity contribution >= 4 is 17.3 Å². The number of benzene rings is 2. The lowest BCUT2D eigenvalue weighted by atomic mass is 9.95. The van der Waals surface area contributed by atoms with E-state index in [0.29, 0.717) is 11.4 Å². The summed E-state index contributed by atoms with van der Waals surface area (Å²) < 4.78 is 5.21. The number of amides is 1. The third-order valence-corrected chi connectivity index (χ3v) is 5.14. The fourth-order valence-corrected chi connectivity index (χ4v) is 3.45. The smallest absolute Gasteiger partial charge is 0.271 e. The van der Waals surface area contributed by atoms with Gasteiger partial charge in [0.2, 0.25) is 5.91 Å². The summed E-state index contributed by atoms with van der Waals surface area (Å²) in [4.78, 5) is 25.5. The Morgan fingerprint density at radius 1 is 1.21 bits per heavy atom. The maximum atomic E-state index is 12.7. The van der Waals surface area contributed by atoms with Gasteiger partial charge in [-0.15, -0.1) is 0 Å². The van der Waals surface area contributed by atoms with Gasteiger partial charge in [0.05, 0.1) is 17.7 Å². The third-order valence-electron chi connectivity index (χ3n) is 5.14. The number of likely N-dealkylation sites (tertiary alicyclic amines) is 1. The second-order valence-corrected chi connectivity index (χ2v) is 7.17. The van der Waals surface area contributed by atoms with Crippen LogP contribution in [0.4, 0.5) is 11.4 Å². The van der Waals surface area contributed by atoms with Crippen molar-refractivity contribution in [3.8, 4) is 5.75 Å². The monoisotopic (exact) mass is 383 g/mol. The van der Waals surface area contributed by atoms with Gasteiger partial charge in [-0.2, -0.15) is 0 Å². The average molecular weight is 383 g/mol. The lowest BCUT2D eigenvalue weighted by Gasteiger charge is -2.31. The minimum atomic E-state index is -0.487. The summed E-state index contributed by atoms with van der Waals surface area (Å²) in [5, 5.41) is 13.8. The Kier molecular flexibility index (Phi) is 6.26. The molecule has 0 atom stereocenters. The van der Waals surface area contributed by atoms with Crippen LogP contribution in [-0.4, -0.2) is 35.9 Å². The highest BCUT2D eigenvalue weighted by Crippen LogP contribution is 2.30. The number of nitrogens with zero attached hydrogens (tertiary/aromatic N) is 2. The molecule has 1 aliphatic rings. The largest absolute Gasteiger partial charge is 0.495 e. The number of hydrogen-bond donors (Lipinski definition) is 1. The quantitative estimate of drug-likeness (QED) is 0.606. The summed E-state index contributed by atoms with van der Waals surface area (Å²) in [6.07, 6.45) is 1.52. The molecular formula is C21H25N3O4. The molecule has 0 aromatic heterocycles. The maximum absolute atomic E-state index is 12.7. The Morgan fingerprint density at radius 2 is 1.89 bits per heavy atom. The first-order chi connectivity index (χ1) is 13.5. The Bertz CT molecular complexity index is 843. The summed E-state index contributed by atoms with van der Waals surface area (Å²) in [6, 6.07) is 12.7. The predicted octanol–water partition coefficient (Wildman–Crippen LogP) is 3.76. The highest BCUT2D eigenvalue weighted by Gasteiger charge is 2.26. The number of methoxy groups -OCH3 is 1. The number of non-ortho nitro benzene ring substituents is 1. The zero-order valence-corrected chi connectivity index (χ0v) is 16.2. The van der Waals surface area contributed by atoms with Gasteiger partial charge < -0.3 is 10.1 Å². The van der Waals surface area contributed by atoms with Crippen LogP contribution >= 0.6 is 0 Å². The number of hydrogen-bond acceptors (Lipinski definition) is 5. The summed E-state index contributed by atoms with van der Waals surface area (Å²) in [5.41, 5.74) is 2.78. The van der Waals surface area contributed by atoms with Gasteiger partial charge in [0.25, 0.3) is 5.69 Å². The van der Waals surface area contributed by atoms with Crippen molar-refractivity contribution in [1.29, 1.82) is 0 Å². The van der Waals surface area contributed by atoms with Gasteiger partial charge in [-0.3, -0.25) is 19.8 Å². The molecule has 0 bridgehead atoms. The molecule has 1 N–H and O–H groups in total. The molecule has 1 amide bonds. The van der Waals surface area contributed by atoms with Crippen molar-refractivity contribution in [1.82, 2.24) is 4.90 Å². The standard InChI is InChI=1S/C21H25N3O4/c1-15-3-5-16(6-4-15)14-23-11-9-17(10-12-23)21(25)22-19-13-18(24(26)27)7-8-20(19)28-2/h3-8,13,17H,9-12,14H2,1-2H3,(H,22,25). The van der Waals surface area contributed by atoms with Crippen LogP contribution in [-0.2, 0) is 11.3 Å². The minimum absolute atomic E-state index is 0.0796. The first-order valence-electron chi connectivity index (χ1n) is 9.37. The van der Waals surface area contributed by atoms with Gasteiger partial charge in [-0.05, 0) is 44.5 Å². The highest BCUT2D eigenvalue weighted by atomic mass is 16.6. The summed E-state index contributed by atoms with van der Waals surface area (Å²) in [5.74, 6) is 0.183. The molecule has 148 valence electrons. The van der Waals surface area contributed by atoms with Crippen molar-refractivity contribution in [2.45, 2.75) is 26.3 Å². The third kappa shape index (κ3) is 4.86. The molecule has 1 heterocycles. The normalized spacial score (nSPS) is 15.2. The van der Waals surface area contributed by atoms with E-state index in [9.17, 15) is 14.9 Å². The second-order valence-electron chi connectivity index (χ2n) is 7.17. The molecule has 3 rings (SSSR count). The molecule has 7 nitrogen and oxygen atoms in total. The number of rotatable bonds is 6. The number of ether oxygens (including phenoxy) is 1. The first kappa shape index (κ1) is 19.8. The van der Waals surface area contributed by atoms with Crippen LogP contribution in [0.15, 0.2) is 42.5 Å². The fourth-order valence-electron chi connectivity index (χ4n) is 3.45. The van der Waals surface area contributed by atoms with E-state index < -0.39 is 4.92 Å². The van der Waals surface area contributed by atoms with E-state index in [2.05, 4.69) is 41.4 Å². The Labute approximate surface area is 164 Å². The lowest BCUT2D eigenvalue weighted by Crippen LogP contribution is -2.37. The molecule has 28 heavy (non-hydrogen) atoms. The molecule has 0 saturated carbocycles. The van der Waals surface area contributed by atoms with Gasteiger partial charge in [-0.1, -0.05) is 29.8 Å². The summed E-state index contributed by atoms with van der Waals surface area (Å²) in [7, 11) is 1.47. The first-order valence-corrected chi connectivity index (χ1v) is 9.37. The number of aryl methyl sites for hydroxylation is 1. The van der Waals surface area contributed by atoms with E-state index >= 15 is 0 Å². The van der Waals surface area contributed by atoms with Crippen molar-refractivity contribution in [2.75, 3.05) is 25.5 Å². The van der Waals surface area contributed by atoms with Crippen molar-refractivity contribution in [3.63, 3.8) is 0 Å². The van der Waals surface area contributed by atoms with Gasteiger partial charge in [0, 0.05) is 24.6 Å². The Balaban J connectivity index is 1.57. The molecule has 0 aliphatic carbocycles. The number of nitro benzene ring substituents is 1. The van der Waals surface area contributed by atoms with E-state index in [1.54, 1.807) is 0 Å². The minimum Gasteiger partial charge on any atom is -0.495 e. The maximum Gasteiger partial charge on any atom is 0.271 e. The number of carbonyl (C=O) groups is 1. The van der Waals surface area contributed by atoms with Crippen LogP contribution < -0.4 is 10.1 Å². The lowest BCUT2D eigenvalue weighted by molar-refractivity contribution is -0.384. The zero-order chi connectivity index (χ0) is 20.1. The van der Waals surface area contributed by atoms with E-state index in [1.807, 2.05) is 0 Å². The molecule has 2 aromatic carbocycles. The van der Waals surface area contributed by atoms with Crippen LogP contribution in [0.2, 0.25) is 0 Å². The predicted molar refractivity (Wildman–Crippen MR) is 107 cm³/mol. The molecule has 0 radical (unpaired) electrons. The van der Waals surface area contributed by atoms with Crippen LogP contribution in [0.25, 0.3) is 0 Å². The van der Waals surface area contributed by atoms with Gasteiger partial charge in [-0.25, -0.2) is 0 Å². The molecule has 7 heteroatoms. The van der Waals surface area contributed by atoms with Gasteiger partial charge >= 0.3 is 0 Å². The van der Waals surface area contributed by atoms with Crippen LogP contribution in [0.1, 0.15) is 24.0 Å². The SMILES string of the molecule is COc1ccc([N+](=O)[O-])cc1NC(=O)C1CCN(Cc2ccc(C)cc2)CC1. The molecule has 2 aromatic rings. The molecule has 0 unspecified atom stereocenters. The van der Waals surface area contributed by atoms with Crippen molar-refractivity contribution in [3.05, 3.63) is 63.7 Å². The number of piperidine rings is 1. The average Bonchev–Trinajstić information content (AvgIpc) is 2.70.